The number of hydrogen-bond acceptors (Lipinski definition) is 27. The SMILES string of the molecule is C.C.NCCOCCOCCNCC1CCCC1.O=C(CCCC(=O)NCCOCCOCCNCC1[CH-]CCC1)CN1C(=O)CCC1=O.O=C(CCCC(=O)ON1C(=O)CCC1=O)ON1C(=O)CCC1=O.O=C(Cc1cc[nH]c1)NCCOCCOCCNCC1CCCC1.O=C(Cc1cc[nH]c1)NCCOCCOCCNCC1CCCC1.[CH3-].[CH3-].[CH3-].[Fe+2].[Fe+2]. The zero-order chi connectivity index (χ0) is 84.5. The largest absolute Gasteiger partial charge is 2.00 e. The maximum atomic E-state index is 11.9. The predicted octanol–water partition coefficient (Wildman–Crippen LogP) is 6.34. The number of carbonyl (C=O) groups excluding carboxylic acids is 12. The van der Waals surface area contributed by atoms with Crippen molar-refractivity contribution in [1.82, 2.24) is 62.2 Å². The number of ketones is 1. The summed E-state index contributed by atoms with van der Waals surface area (Å²) < 4.78 is 43.5. The number of H-pyrrole nitrogens is 2. The Labute approximate surface area is 766 Å². The summed E-state index contributed by atoms with van der Waals surface area (Å²) in [4.78, 5) is 154. The molecule has 35 nitrogen and oxygen atoms in total. The molecule has 125 heavy (non-hydrogen) atoms. The third kappa shape index (κ3) is 61.6. The van der Waals surface area contributed by atoms with E-state index in [4.69, 9.17) is 43.6 Å². The Morgan fingerprint density at radius 3 is 1.04 bits per heavy atom. The Bertz CT molecular complexity index is 2930. The van der Waals surface area contributed by atoms with Gasteiger partial charge in [-0.05, 0) is 119 Å². The number of imide groups is 3. The van der Waals surface area contributed by atoms with Crippen LogP contribution in [0.5, 0.6) is 0 Å². The van der Waals surface area contributed by atoms with Gasteiger partial charge in [0, 0.05) is 141 Å². The van der Waals surface area contributed by atoms with Crippen LogP contribution >= 0.6 is 0 Å². The smallest absolute Gasteiger partial charge is 0.378 e. The number of amides is 9. The van der Waals surface area contributed by atoms with Crippen molar-refractivity contribution in [2.75, 3.05) is 191 Å². The normalized spacial score (nSPS) is 15.9. The monoisotopic (exact) mass is 1860 g/mol. The second-order valence-electron chi connectivity index (χ2n) is 29.9. The van der Waals surface area contributed by atoms with Gasteiger partial charge in [0.2, 0.25) is 29.5 Å². The zero-order valence-electron chi connectivity index (χ0n) is 73.5. The van der Waals surface area contributed by atoms with Crippen molar-refractivity contribution < 1.29 is 139 Å². The average molecular weight is 1860 g/mol. The number of nitrogens with zero attached hydrogens (tertiary/aromatic N) is 3. The minimum absolute atomic E-state index is 0. The number of hydrogen-bond donors (Lipinski definition) is 10. The first-order chi connectivity index (χ1) is 57.6. The number of carbonyl (C=O) groups is 12. The first-order valence-corrected chi connectivity index (χ1v) is 43.1. The fourth-order valence-corrected chi connectivity index (χ4v) is 13.6. The molecule has 9 rings (SSSR count). The summed E-state index contributed by atoms with van der Waals surface area (Å²) in [5.74, 6) is -1.56. The van der Waals surface area contributed by atoms with Crippen molar-refractivity contribution in [1.29, 1.82) is 0 Å². The predicted molar refractivity (Wildman–Crippen MR) is 468 cm³/mol. The molecule has 3 aliphatic heterocycles. The molecule has 4 aliphatic carbocycles. The van der Waals surface area contributed by atoms with Crippen LogP contribution in [0.25, 0.3) is 0 Å². The van der Waals surface area contributed by atoms with Crippen LogP contribution in [0, 0.1) is 52.4 Å². The molecule has 7 aliphatic rings. The van der Waals surface area contributed by atoms with Crippen molar-refractivity contribution >= 4 is 70.9 Å². The van der Waals surface area contributed by atoms with Crippen LogP contribution in [0.1, 0.15) is 199 Å². The third-order valence-electron chi connectivity index (χ3n) is 20.1. The van der Waals surface area contributed by atoms with Crippen molar-refractivity contribution in [2.45, 2.75) is 201 Å². The molecule has 1 atom stereocenters. The van der Waals surface area contributed by atoms with Crippen LogP contribution in [-0.2, 0) is 152 Å². The standard InChI is InChI=1S/C22H36N3O6.2C18H31N3O3.C13H14N2O8.C12H26N2O2.2CH4.3CH3.2Fe/c26-19(17-25-21(28)8-9-22(25)29)6-3-7-20(27)24-11-13-31-15-14-30-12-10-23-16-18-4-1-2-5-18;2*22-18(13-17-5-6-19-15-17)21-8-10-24-12-11-23-9-7-20-14-16-3-1-2-4-16;16-8-4-5-9(17)14(8)22-12(20)2-1-3-13(21)23-15-10(18)6-7-11(15)19;13-5-7-15-9-10-16-8-6-14-11-12-3-1-2-4-12;;;;;;;/h4,18,23H,1-3,5-17H2,(H,24,27);2*5-6,15-16,19-20H,1-4,7-14H2,(H,21,22);1-7H2;12,14H,1-11,13H2;2*1H4;3*1H3;;/q-1;;;;;;;3*-1;2*+2. The molecule has 11 N–H and O–H groups in total. The van der Waals surface area contributed by atoms with Crippen molar-refractivity contribution in [3.05, 3.63) is 76.7 Å². The summed E-state index contributed by atoms with van der Waals surface area (Å²) in [6, 6.07) is 3.80. The van der Waals surface area contributed by atoms with E-state index in [-0.39, 0.29) is 184 Å². The fourth-order valence-electron chi connectivity index (χ4n) is 13.6. The van der Waals surface area contributed by atoms with Crippen LogP contribution < -0.4 is 43.0 Å². The van der Waals surface area contributed by atoms with Gasteiger partial charge < -0.3 is 129 Å². The third-order valence-corrected chi connectivity index (χ3v) is 20.1. The Morgan fingerprint density at radius 1 is 0.392 bits per heavy atom. The molecule has 3 saturated heterocycles. The zero-order valence-corrected chi connectivity index (χ0v) is 75.7. The van der Waals surface area contributed by atoms with E-state index in [0.29, 0.717) is 147 Å². The minimum Gasteiger partial charge on any atom is -0.378 e. The van der Waals surface area contributed by atoms with Crippen LogP contribution in [0.4, 0.5) is 0 Å². The van der Waals surface area contributed by atoms with Crippen molar-refractivity contribution in [3.8, 4) is 0 Å². The number of aromatic nitrogens is 2. The summed E-state index contributed by atoms with van der Waals surface area (Å²) in [5.41, 5.74) is 7.27. The van der Waals surface area contributed by atoms with E-state index in [1.807, 2.05) is 36.9 Å². The van der Waals surface area contributed by atoms with Gasteiger partial charge >= 0.3 is 46.1 Å². The number of ether oxygens (including phenoxy) is 8. The van der Waals surface area contributed by atoms with Gasteiger partial charge in [0.15, 0.2) is 5.78 Å². The molecule has 0 spiro atoms. The van der Waals surface area contributed by atoms with Gasteiger partial charge in [-0.2, -0.15) is 12.3 Å². The number of rotatable bonds is 59. The van der Waals surface area contributed by atoms with Crippen LogP contribution in [0.2, 0.25) is 0 Å². The van der Waals surface area contributed by atoms with E-state index in [0.717, 1.165) is 106 Å². The van der Waals surface area contributed by atoms with Crippen LogP contribution in [0.3, 0.4) is 0 Å². The molecule has 2 aromatic rings. The van der Waals surface area contributed by atoms with Gasteiger partial charge in [-0.15, -0.1) is 10.1 Å². The maximum absolute atomic E-state index is 11.9. The Balaban J connectivity index is -0.00000149. The fraction of sp³-hybridized carbons (Fsp3) is 0.727. The van der Waals surface area contributed by atoms with E-state index in [9.17, 15) is 57.5 Å². The maximum Gasteiger partial charge on any atom is 2.00 e. The van der Waals surface area contributed by atoms with E-state index in [1.54, 1.807) is 0 Å². The van der Waals surface area contributed by atoms with E-state index >= 15 is 0 Å². The van der Waals surface area contributed by atoms with Gasteiger partial charge in [-0.1, -0.05) is 66.2 Å². The molecule has 1 unspecified atom stereocenters. The molecular weight excluding hydrogens is 1700 g/mol. The molecule has 5 heterocycles. The molecule has 0 aromatic carbocycles. The summed E-state index contributed by atoms with van der Waals surface area (Å²) in [5, 5.41) is 23.0. The van der Waals surface area contributed by atoms with Crippen molar-refractivity contribution in [2.24, 2.45) is 29.4 Å². The molecule has 7 fully saturated rings. The molecule has 9 amide bonds. The second kappa shape index (κ2) is 80.8. The number of Topliss-reactive ketones (excluding diaryl/α,β-unsaturated/α-hetero) is 1. The number of aromatic amines is 2. The van der Waals surface area contributed by atoms with Crippen molar-refractivity contribution in [3.63, 3.8) is 0 Å². The molecule has 2 aromatic heterocycles. The number of hydroxylamine groups is 4. The first kappa shape index (κ1) is 123. The molecular formula is C88H155Fe2N13O22. The van der Waals surface area contributed by atoms with Gasteiger partial charge in [-0.25, -0.2) is 9.59 Å². The number of likely N-dealkylation sites (tertiary alicyclic amines) is 1. The Morgan fingerprint density at radius 2 is 0.712 bits per heavy atom. The van der Waals surface area contributed by atoms with E-state index < -0.39 is 35.6 Å². The van der Waals surface area contributed by atoms with E-state index in [1.165, 1.54) is 96.3 Å². The minimum atomic E-state index is -0.838. The first-order valence-electron chi connectivity index (χ1n) is 43.1. The van der Waals surface area contributed by atoms with Gasteiger partial charge in [0.1, 0.15) is 0 Å². The second-order valence-corrected chi connectivity index (χ2v) is 29.9. The summed E-state index contributed by atoms with van der Waals surface area (Å²) >= 11 is 0. The Hall–Kier alpha value is -6.48. The quantitative estimate of drug-likeness (QED) is 0.0149. The molecule has 0 bridgehead atoms. The number of nitrogens with one attached hydrogen (secondary N) is 9. The van der Waals surface area contributed by atoms with Gasteiger partial charge in [0.25, 0.3) is 23.6 Å². The van der Waals surface area contributed by atoms with Crippen LogP contribution in [0.15, 0.2) is 36.9 Å². The molecule has 720 valence electrons. The summed E-state index contributed by atoms with van der Waals surface area (Å²) in [7, 11) is 0. The number of nitrogens with two attached hydrogens (primary N) is 1. The summed E-state index contributed by atoms with van der Waals surface area (Å²) in [6.45, 7) is 19.6. The molecule has 37 heteroatoms. The van der Waals surface area contributed by atoms with E-state index in [2.05, 4.69) is 63.3 Å². The van der Waals surface area contributed by atoms with Crippen LogP contribution in [-0.4, -0.2) is 287 Å². The van der Waals surface area contributed by atoms with Gasteiger partial charge in [0.05, 0.1) is 125 Å². The van der Waals surface area contributed by atoms with Gasteiger partial charge in [-0.3, -0.25) is 52.8 Å². The average Bonchev–Trinajstić information content (AvgIpc) is 1.74. The summed E-state index contributed by atoms with van der Waals surface area (Å²) in [6.07, 6.45) is 31.8. The molecule has 0 radical (unpaired) electrons. The topological polar surface area (TPSA) is 449 Å². The molecule has 4 saturated carbocycles. The Kier molecular flexibility index (Phi) is 79.3.